The van der Waals surface area contributed by atoms with E-state index in [9.17, 15) is 4.79 Å². The molecule has 0 spiro atoms. The summed E-state index contributed by atoms with van der Waals surface area (Å²) in [6.07, 6.45) is 6.34. The van der Waals surface area contributed by atoms with E-state index < -0.39 is 0 Å². The van der Waals surface area contributed by atoms with Crippen LogP contribution in [0.4, 0.5) is 0 Å². The van der Waals surface area contributed by atoms with Gasteiger partial charge in [-0.1, -0.05) is 31.0 Å². The molecular weight excluding hydrogens is 326 g/mol. The number of amides is 1. The number of rotatable bonds is 3. The van der Waals surface area contributed by atoms with Gasteiger partial charge in [-0.05, 0) is 44.0 Å². The number of aryl methyl sites for hydroxylation is 1. The van der Waals surface area contributed by atoms with Gasteiger partial charge in [0.1, 0.15) is 11.5 Å². The Balaban J connectivity index is 1.76. The van der Waals surface area contributed by atoms with E-state index in [0.29, 0.717) is 17.0 Å². The largest absolute Gasteiger partial charge is 0.460 e. The van der Waals surface area contributed by atoms with Gasteiger partial charge in [-0.3, -0.25) is 4.79 Å². The number of aromatic nitrogens is 2. The molecule has 1 aliphatic heterocycles. The second-order valence-electron chi connectivity index (χ2n) is 6.79. The predicted molar refractivity (Wildman–Crippen MR) is 100 cm³/mol. The average Bonchev–Trinajstić information content (AvgIpc) is 3.20. The monoisotopic (exact) mass is 349 g/mol. The van der Waals surface area contributed by atoms with E-state index >= 15 is 0 Å². The smallest absolute Gasteiger partial charge is 0.257 e. The maximum atomic E-state index is 13.2. The quantitative estimate of drug-likeness (QED) is 0.701. The van der Waals surface area contributed by atoms with Crippen LogP contribution in [0.2, 0.25) is 0 Å². The van der Waals surface area contributed by atoms with Gasteiger partial charge in [-0.25, -0.2) is 4.68 Å². The van der Waals surface area contributed by atoms with Crippen LogP contribution in [-0.4, -0.2) is 33.7 Å². The van der Waals surface area contributed by atoms with Crippen LogP contribution in [0, 0.1) is 6.92 Å². The number of nitrogens with zero attached hydrogens (tertiary/aromatic N) is 3. The van der Waals surface area contributed by atoms with Crippen molar-refractivity contribution >= 4 is 5.91 Å². The topological polar surface area (TPSA) is 51.3 Å². The van der Waals surface area contributed by atoms with Crippen molar-refractivity contribution in [2.75, 3.05) is 13.1 Å². The summed E-state index contributed by atoms with van der Waals surface area (Å²) < 4.78 is 7.54. The Morgan fingerprint density at radius 1 is 1.00 bits per heavy atom. The number of benzene rings is 1. The van der Waals surface area contributed by atoms with E-state index in [-0.39, 0.29) is 5.91 Å². The normalized spacial score (nSPS) is 15.0. The maximum absolute atomic E-state index is 13.2. The Morgan fingerprint density at radius 3 is 2.38 bits per heavy atom. The first-order valence-electron chi connectivity index (χ1n) is 9.23. The summed E-state index contributed by atoms with van der Waals surface area (Å²) in [5.41, 5.74) is 2.13. The van der Waals surface area contributed by atoms with Gasteiger partial charge in [-0.15, -0.1) is 0 Å². The molecular formula is C21H23N3O2. The van der Waals surface area contributed by atoms with Crippen molar-refractivity contribution < 1.29 is 9.21 Å². The first-order valence-corrected chi connectivity index (χ1v) is 9.23. The molecule has 2 aromatic heterocycles. The fourth-order valence-corrected chi connectivity index (χ4v) is 3.43. The Labute approximate surface area is 153 Å². The molecule has 0 N–H and O–H groups in total. The zero-order chi connectivity index (χ0) is 17.9. The Morgan fingerprint density at radius 2 is 1.73 bits per heavy atom. The minimum atomic E-state index is 0.0399. The van der Waals surface area contributed by atoms with Crippen molar-refractivity contribution in [3.8, 4) is 17.1 Å². The van der Waals surface area contributed by atoms with Gasteiger partial charge in [0.25, 0.3) is 5.91 Å². The average molecular weight is 349 g/mol. The van der Waals surface area contributed by atoms with Gasteiger partial charge >= 0.3 is 0 Å². The summed E-state index contributed by atoms with van der Waals surface area (Å²) in [5.74, 6) is 1.48. The third-order valence-corrected chi connectivity index (χ3v) is 4.83. The molecule has 4 rings (SSSR count). The van der Waals surface area contributed by atoms with Crippen LogP contribution >= 0.6 is 0 Å². The molecule has 0 radical (unpaired) electrons. The van der Waals surface area contributed by atoms with Crippen molar-refractivity contribution in [1.29, 1.82) is 0 Å². The van der Waals surface area contributed by atoms with Gasteiger partial charge in [0.05, 0.1) is 11.3 Å². The minimum absolute atomic E-state index is 0.0399. The van der Waals surface area contributed by atoms with Gasteiger partial charge in [0.2, 0.25) is 0 Å². The molecule has 1 fully saturated rings. The van der Waals surface area contributed by atoms with Gasteiger partial charge in [0.15, 0.2) is 5.76 Å². The molecule has 5 nitrogen and oxygen atoms in total. The van der Waals surface area contributed by atoms with Crippen LogP contribution in [0.3, 0.4) is 0 Å². The molecule has 26 heavy (non-hydrogen) atoms. The Bertz CT molecular complexity index is 887. The van der Waals surface area contributed by atoms with Crippen LogP contribution in [-0.2, 0) is 0 Å². The molecule has 1 amide bonds. The Hall–Kier alpha value is -2.82. The van der Waals surface area contributed by atoms with Crippen LogP contribution in [0.25, 0.3) is 17.1 Å². The number of carbonyl (C=O) groups excluding carboxylic acids is 1. The molecule has 3 aromatic rings. The van der Waals surface area contributed by atoms with Crippen LogP contribution < -0.4 is 0 Å². The molecule has 0 atom stereocenters. The summed E-state index contributed by atoms with van der Waals surface area (Å²) in [5, 5.41) is 4.68. The van der Waals surface area contributed by atoms with E-state index in [1.54, 1.807) is 4.68 Å². The third-order valence-electron chi connectivity index (χ3n) is 4.83. The number of furan rings is 1. The molecule has 0 unspecified atom stereocenters. The van der Waals surface area contributed by atoms with Crippen molar-refractivity contribution in [3.63, 3.8) is 0 Å². The lowest BCUT2D eigenvalue weighted by Gasteiger charge is -2.19. The lowest BCUT2D eigenvalue weighted by atomic mass is 10.2. The number of para-hydroxylation sites is 1. The number of likely N-dealkylation sites (tertiary alicyclic amines) is 1. The molecule has 5 heteroatoms. The van der Waals surface area contributed by atoms with E-state index in [4.69, 9.17) is 4.42 Å². The lowest BCUT2D eigenvalue weighted by Crippen LogP contribution is -2.31. The highest BCUT2D eigenvalue weighted by Crippen LogP contribution is 2.27. The SMILES string of the molecule is Cc1ccc(-c2nn(-c3ccccc3)cc2C(=O)N2CCCCCC2)o1. The molecule has 3 heterocycles. The summed E-state index contributed by atoms with van der Waals surface area (Å²) in [4.78, 5) is 15.2. The zero-order valence-electron chi connectivity index (χ0n) is 15.0. The fraction of sp³-hybridized carbons (Fsp3) is 0.333. The van der Waals surface area contributed by atoms with Crippen molar-refractivity contribution in [1.82, 2.24) is 14.7 Å². The van der Waals surface area contributed by atoms with Crippen LogP contribution in [0.5, 0.6) is 0 Å². The van der Waals surface area contributed by atoms with Gasteiger partial charge < -0.3 is 9.32 Å². The standard InChI is InChI=1S/C21H23N3O2/c1-16-11-12-19(26-16)20-18(21(25)23-13-7-2-3-8-14-23)15-24(22-20)17-9-5-4-6-10-17/h4-6,9-12,15H,2-3,7-8,13-14H2,1H3. The maximum Gasteiger partial charge on any atom is 0.257 e. The summed E-state index contributed by atoms with van der Waals surface area (Å²) in [7, 11) is 0. The zero-order valence-corrected chi connectivity index (χ0v) is 15.0. The molecule has 134 valence electrons. The molecule has 1 saturated heterocycles. The summed E-state index contributed by atoms with van der Waals surface area (Å²) in [6.45, 7) is 3.52. The van der Waals surface area contributed by atoms with E-state index in [0.717, 1.165) is 37.4 Å². The Kier molecular flexibility index (Phi) is 4.61. The van der Waals surface area contributed by atoms with Gasteiger partial charge in [-0.2, -0.15) is 5.10 Å². The second kappa shape index (κ2) is 7.20. The highest BCUT2D eigenvalue weighted by atomic mass is 16.3. The van der Waals surface area contributed by atoms with Crippen molar-refractivity contribution in [2.24, 2.45) is 0 Å². The minimum Gasteiger partial charge on any atom is -0.460 e. The molecule has 1 aliphatic rings. The predicted octanol–water partition coefficient (Wildman–Crippen LogP) is 4.46. The third kappa shape index (κ3) is 3.29. The summed E-state index contributed by atoms with van der Waals surface area (Å²) >= 11 is 0. The summed E-state index contributed by atoms with van der Waals surface area (Å²) in [6, 6.07) is 13.6. The van der Waals surface area contributed by atoms with E-state index in [2.05, 4.69) is 5.10 Å². The number of carbonyl (C=O) groups is 1. The van der Waals surface area contributed by atoms with Gasteiger partial charge in [0, 0.05) is 19.3 Å². The second-order valence-corrected chi connectivity index (χ2v) is 6.79. The van der Waals surface area contributed by atoms with Crippen molar-refractivity contribution in [3.05, 3.63) is 60.0 Å². The first-order chi connectivity index (χ1) is 12.7. The van der Waals surface area contributed by atoms with Crippen LogP contribution in [0.15, 0.2) is 53.1 Å². The first kappa shape index (κ1) is 16.6. The molecule has 0 aliphatic carbocycles. The molecule has 0 bridgehead atoms. The highest BCUT2D eigenvalue weighted by Gasteiger charge is 2.25. The number of hydrogen-bond donors (Lipinski definition) is 0. The number of hydrogen-bond acceptors (Lipinski definition) is 3. The highest BCUT2D eigenvalue weighted by molar-refractivity contribution is 5.99. The molecule has 1 aromatic carbocycles. The van der Waals surface area contributed by atoms with E-state index in [1.165, 1.54) is 12.8 Å². The fourth-order valence-electron chi connectivity index (χ4n) is 3.43. The molecule has 0 saturated carbocycles. The van der Waals surface area contributed by atoms with E-state index in [1.807, 2.05) is 60.5 Å². The lowest BCUT2D eigenvalue weighted by molar-refractivity contribution is 0.0762. The van der Waals surface area contributed by atoms with Crippen molar-refractivity contribution in [2.45, 2.75) is 32.6 Å². The van der Waals surface area contributed by atoms with Crippen LogP contribution in [0.1, 0.15) is 41.8 Å².